The summed E-state index contributed by atoms with van der Waals surface area (Å²) in [7, 11) is 0. The lowest BCUT2D eigenvalue weighted by Crippen LogP contribution is -2.02. The first kappa shape index (κ1) is 17.2. The summed E-state index contributed by atoms with van der Waals surface area (Å²) in [4.78, 5) is 8.06. The first-order valence-electron chi connectivity index (χ1n) is 8.14. The van der Waals surface area contributed by atoms with Crippen LogP contribution >= 0.6 is 0 Å². The number of aromatic nitrogens is 2. The molecule has 6 nitrogen and oxygen atoms in total. The Morgan fingerprint density at radius 2 is 2.04 bits per heavy atom. The Balaban J connectivity index is 1.60. The summed E-state index contributed by atoms with van der Waals surface area (Å²) in [6.45, 7) is 0.446. The van der Waals surface area contributed by atoms with E-state index in [0.717, 1.165) is 12.0 Å². The molecule has 0 aliphatic carbocycles. The van der Waals surface area contributed by atoms with Crippen LogP contribution in [-0.4, -0.2) is 21.7 Å². The van der Waals surface area contributed by atoms with Gasteiger partial charge in [-0.1, -0.05) is 6.07 Å². The molecule has 0 fully saturated rings. The van der Waals surface area contributed by atoms with Crippen molar-refractivity contribution in [3.8, 4) is 29.2 Å². The van der Waals surface area contributed by atoms with Crippen LogP contribution in [0.15, 0.2) is 61.1 Å². The van der Waals surface area contributed by atoms with E-state index in [1.165, 1.54) is 6.20 Å². The normalized spacial score (nSPS) is 10.1. The van der Waals surface area contributed by atoms with Gasteiger partial charge in [0.05, 0.1) is 24.4 Å². The highest BCUT2D eigenvalue weighted by molar-refractivity contribution is 5.41. The Kier molecular flexibility index (Phi) is 5.63. The molecule has 130 valence electrons. The number of benzene rings is 1. The van der Waals surface area contributed by atoms with Crippen molar-refractivity contribution in [3.05, 3.63) is 72.2 Å². The van der Waals surface area contributed by atoms with Crippen molar-refractivity contribution in [2.75, 3.05) is 6.61 Å². The SMILES string of the molecule is N#Cc1cccc(Oc2ncccc2OCCCc2ccncc2O)c1. The number of nitriles is 1. The van der Waals surface area contributed by atoms with Crippen LogP contribution in [0.4, 0.5) is 0 Å². The van der Waals surface area contributed by atoms with E-state index < -0.39 is 0 Å². The number of hydrogen-bond acceptors (Lipinski definition) is 6. The summed E-state index contributed by atoms with van der Waals surface area (Å²) in [5.74, 6) is 1.58. The van der Waals surface area contributed by atoms with E-state index in [4.69, 9.17) is 14.7 Å². The van der Waals surface area contributed by atoms with Gasteiger partial charge in [0.2, 0.25) is 0 Å². The molecule has 0 aliphatic heterocycles. The molecule has 0 saturated heterocycles. The van der Waals surface area contributed by atoms with Crippen molar-refractivity contribution in [2.24, 2.45) is 0 Å². The lowest BCUT2D eigenvalue weighted by Gasteiger charge is -2.11. The predicted octanol–water partition coefficient (Wildman–Crippen LogP) is 3.86. The minimum atomic E-state index is 0.190. The summed E-state index contributed by atoms with van der Waals surface area (Å²) in [5, 5.41) is 18.7. The van der Waals surface area contributed by atoms with Crippen molar-refractivity contribution < 1.29 is 14.6 Å². The maximum atomic E-state index is 9.72. The van der Waals surface area contributed by atoms with E-state index in [1.807, 2.05) is 0 Å². The lowest BCUT2D eigenvalue weighted by atomic mass is 10.1. The molecule has 6 heteroatoms. The highest BCUT2D eigenvalue weighted by Crippen LogP contribution is 2.29. The Bertz CT molecular complexity index is 922. The molecule has 0 radical (unpaired) electrons. The highest BCUT2D eigenvalue weighted by Gasteiger charge is 2.08. The third-order valence-electron chi connectivity index (χ3n) is 3.65. The minimum Gasteiger partial charge on any atom is -0.506 e. The maximum absolute atomic E-state index is 9.72. The van der Waals surface area contributed by atoms with Crippen LogP contribution in [0.5, 0.6) is 23.1 Å². The molecule has 0 aliphatic rings. The number of aryl methyl sites for hydroxylation is 1. The Morgan fingerprint density at radius 3 is 2.88 bits per heavy atom. The van der Waals surface area contributed by atoms with Gasteiger partial charge in [-0.05, 0) is 54.8 Å². The van der Waals surface area contributed by atoms with E-state index in [9.17, 15) is 5.11 Å². The average Bonchev–Trinajstić information content (AvgIpc) is 2.68. The van der Waals surface area contributed by atoms with Gasteiger partial charge >= 0.3 is 0 Å². The molecular weight excluding hydrogens is 330 g/mol. The number of rotatable bonds is 7. The Hall–Kier alpha value is -3.59. The van der Waals surface area contributed by atoms with E-state index in [0.29, 0.717) is 36.0 Å². The van der Waals surface area contributed by atoms with Gasteiger partial charge in [0.15, 0.2) is 5.75 Å². The minimum absolute atomic E-state index is 0.190. The van der Waals surface area contributed by atoms with Crippen molar-refractivity contribution in [1.82, 2.24) is 9.97 Å². The van der Waals surface area contributed by atoms with Gasteiger partial charge in [-0.25, -0.2) is 4.98 Å². The number of aromatic hydroxyl groups is 1. The molecule has 2 heterocycles. The topological polar surface area (TPSA) is 88.3 Å². The van der Waals surface area contributed by atoms with Gasteiger partial charge in [-0.15, -0.1) is 0 Å². The van der Waals surface area contributed by atoms with E-state index >= 15 is 0 Å². The van der Waals surface area contributed by atoms with Gasteiger partial charge in [0.25, 0.3) is 5.88 Å². The molecule has 3 aromatic rings. The second-order valence-electron chi connectivity index (χ2n) is 5.50. The standard InChI is InChI=1S/C20H17N3O3/c21-13-15-4-1-6-17(12-15)26-20-19(7-2-9-23-20)25-11-3-5-16-8-10-22-14-18(16)24/h1-2,4,6-10,12,14,24H,3,5,11H2. The molecule has 0 spiro atoms. The summed E-state index contributed by atoms with van der Waals surface area (Å²) >= 11 is 0. The fourth-order valence-electron chi connectivity index (χ4n) is 2.37. The molecule has 0 bridgehead atoms. The second kappa shape index (κ2) is 8.49. The summed E-state index contributed by atoms with van der Waals surface area (Å²) in [6.07, 6.45) is 6.09. The fraction of sp³-hybridized carbons (Fsp3) is 0.150. The molecule has 26 heavy (non-hydrogen) atoms. The first-order chi connectivity index (χ1) is 12.8. The van der Waals surface area contributed by atoms with E-state index in [1.54, 1.807) is 54.9 Å². The second-order valence-corrected chi connectivity index (χ2v) is 5.50. The molecule has 0 amide bonds. The number of pyridine rings is 2. The highest BCUT2D eigenvalue weighted by atomic mass is 16.5. The molecule has 2 aromatic heterocycles. The lowest BCUT2D eigenvalue weighted by molar-refractivity contribution is 0.292. The Morgan fingerprint density at radius 1 is 1.12 bits per heavy atom. The zero-order valence-electron chi connectivity index (χ0n) is 14.0. The molecule has 1 aromatic carbocycles. The van der Waals surface area contributed by atoms with Crippen molar-refractivity contribution in [2.45, 2.75) is 12.8 Å². The Labute approximate surface area is 151 Å². The smallest absolute Gasteiger partial charge is 0.262 e. The largest absolute Gasteiger partial charge is 0.506 e. The van der Waals surface area contributed by atoms with Crippen molar-refractivity contribution >= 4 is 0 Å². The van der Waals surface area contributed by atoms with Crippen LogP contribution in [0.1, 0.15) is 17.5 Å². The number of ether oxygens (including phenoxy) is 2. The zero-order valence-corrected chi connectivity index (χ0v) is 14.0. The van der Waals surface area contributed by atoms with E-state index in [-0.39, 0.29) is 5.75 Å². The third kappa shape index (κ3) is 4.48. The monoisotopic (exact) mass is 347 g/mol. The number of nitrogens with zero attached hydrogens (tertiary/aromatic N) is 3. The third-order valence-corrected chi connectivity index (χ3v) is 3.65. The van der Waals surface area contributed by atoms with Crippen LogP contribution < -0.4 is 9.47 Å². The van der Waals surface area contributed by atoms with Crippen molar-refractivity contribution in [3.63, 3.8) is 0 Å². The molecule has 0 atom stereocenters. The fourth-order valence-corrected chi connectivity index (χ4v) is 2.37. The van der Waals surface area contributed by atoms with Crippen molar-refractivity contribution in [1.29, 1.82) is 5.26 Å². The predicted molar refractivity (Wildman–Crippen MR) is 95.2 cm³/mol. The zero-order chi connectivity index (χ0) is 18.2. The van der Waals surface area contributed by atoms with E-state index in [2.05, 4.69) is 16.0 Å². The maximum Gasteiger partial charge on any atom is 0.262 e. The molecule has 3 rings (SSSR count). The van der Waals surface area contributed by atoms with Crippen LogP contribution in [0.25, 0.3) is 0 Å². The van der Waals surface area contributed by atoms with Gasteiger partial charge in [-0.2, -0.15) is 5.26 Å². The van der Waals surface area contributed by atoms with Crippen LogP contribution in [0, 0.1) is 11.3 Å². The number of hydrogen-bond donors (Lipinski definition) is 1. The summed E-state index contributed by atoms with van der Waals surface area (Å²) in [5.41, 5.74) is 1.35. The van der Waals surface area contributed by atoms with Crippen LogP contribution in [-0.2, 0) is 6.42 Å². The molecule has 0 saturated carbocycles. The van der Waals surface area contributed by atoms with Crippen LogP contribution in [0.3, 0.4) is 0 Å². The quantitative estimate of drug-likeness (QED) is 0.653. The van der Waals surface area contributed by atoms with Gasteiger partial charge in [-0.3, -0.25) is 4.98 Å². The van der Waals surface area contributed by atoms with Crippen LogP contribution in [0.2, 0.25) is 0 Å². The molecular formula is C20H17N3O3. The average molecular weight is 347 g/mol. The van der Waals surface area contributed by atoms with Gasteiger partial charge < -0.3 is 14.6 Å². The molecule has 0 unspecified atom stereocenters. The molecule has 1 N–H and O–H groups in total. The summed E-state index contributed by atoms with van der Waals surface area (Å²) in [6, 6.07) is 14.3. The van der Waals surface area contributed by atoms with Gasteiger partial charge in [0, 0.05) is 12.4 Å². The first-order valence-corrected chi connectivity index (χ1v) is 8.14. The van der Waals surface area contributed by atoms with Gasteiger partial charge in [0.1, 0.15) is 11.5 Å². The summed E-state index contributed by atoms with van der Waals surface area (Å²) < 4.78 is 11.5.